The van der Waals surface area contributed by atoms with Crippen molar-refractivity contribution >= 4 is 39.3 Å². The van der Waals surface area contributed by atoms with Crippen molar-refractivity contribution in [1.29, 1.82) is 0 Å². The van der Waals surface area contributed by atoms with Gasteiger partial charge in [0.25, 0.3) is 5.91 Å². The van der Waals surface area contributed by atoms with Crippen LogP contribution in [-0.2, 0) is 0 Å². The number of benzene rings is 1. The number of hydrogen-bond acceptors (Lipinski definition) is 3. The minimum atomic E-state index is -4.53. The summed E-state index contributed by atoms with van der Waals surface area (Å²) in [5, 5.41) is 9.36. The van der Waals surface area contributed by atoms with Crippen LogP contribution in [0.15, 0.2) is 28.7 Å². The molecule has 0 saturated carbocycles. The van der Waals surface area contributed by atoms with Gasteiger partial charge in [0.05, 0.1) is 6.04 Å². The first-order valence-corrected chi connectivity index (χ1v) is 9.54. The molecular weight excluding hydrogens is 449 g/mol. The Kier molecular flexibility index (Phi) is 5.71. The van der Waals surface area contributed by atoms with Gasteiger partial charge in [0.1, 0.15) is 10.8 Å². The summed E-state index contributed by atoms with van der Waals surface area (Å²) >= 11 is 9.54. The molecule has 1 aromatic carbocycles. The summed E-state index contributed by atoms with van der Waals surface area (Å²) in [6, 6.07) is 4.51. The van der Waals surface area contributed by atoms with Crippen LogP contribution in [0.2, 0.25) is 5.02 Å². The summed E-state index contributed by atoms with van der Waals surface area (Å²) in [6.07, 6.45) is -4.10. The summed E-state index contributed by atoms with van der Waals surface area (Å²) in [5.41, 5.74) is 0.478. The van der Waals surface area contributed by atoms with Gasteiger partial charge in [-0.05, 0) is 24.1 Å². The number of rotatable bonds is 4. The second-order valence-electron chi connectivity index (χ2n) is 6.25. The molecular formula is C17H17BrClF3N4O. The Bertz CT molecular complexity index is 838. The van der Waals surface area contributed by atoms with E-state index < -0.39 is 24.2 Å². The van der Waals surface area contributed by atoms with E-state index in [0.29, 0.717) is 18.5 Å². The normalized spacial score (nSPS) is 19.3. The average Bonchev–Trinajstić information content (AvgIpc) is 2.95. The molecule has 5 nitrogen and oxygen atoms in total. The lowest BCUT2D eigenvalue weighted by molar-refractivity contribution is -0.173. The van der Waals surface area contributed by atoms with Crippen molar-refractivity contribution in [3.63, 3.8) is 0 Å². The minimum absolute atomic E-state index is 0.000177. The molecule has 2 N–H and O–H groups in total. The molecule has 2 heterocycles. The Labute approximate surface area is 167 Å². The van der Waals surface area contributed by atoms with Crippen molar-refractivity contribution in [1.82, 2.24) is 15.1 Å². The highest BCUT2D eigenvalue weighted by Gasteiger charge is 2.47. The second-order valence-corrected chi connectivity index (χ2v) is 7.55. The number of anilines is 1. The number of nitrogens with one attached hydrogen (secondary N) is 2. The third-order valence-electron chi connectivity index (χ3n) is 4.32. The van der Waals surface area contributed by atoms with Gasteiger partial charge in [-0.1, -0.05) is 46.6 Å². The fourth-order valence-corrected chi connectivity index (χ4v) is 3.50. The molecule has 0 aliphatic carbocycles. The number of hydrogen-bond donors (Lipinski definition) is 2. The molecule has 27 heavy (non-hydrogen) atoms. The number of carbonyl (C=O) groups is 1. The van der Waals surface area contributed by atoms with E-state index in [2.05, 4.69) is 31.7 Å². The van der Waals surface area contributed by atoms with Crippen LogP contribution in [0, 0.1) is 0 Å². The Hall–Kier alpha value is -1.74. The summed E-state index contributed by atoms with van der Waals surface area (Å²) in [6.45, 7) is 2.25. The standard InChI is InChI=1S/C17H17BrClF3N4O/c1-2-7-23-16(27)14-13(19)15-24-11(9-3-5-10(18)6-4-9)8-12(17(20,21)22)26(15)25-14/h3-6,11-12,24H,2,7-8H2,1H3,(H,23,27)/t11-,12-/m1/s1. The highest BCUT2D eigenvalue weighted by atomic mass is 79.9. The van der Waals surface area contributed by atoms with Crippen molar-refractivity contribution in [3.8, 4) is 0 Å². The molecule has 1 aromatic heterocycles. The maximum absolute atomic E-state index is 13.7. The van der Waals surface area contributed by atoms with Crippen molar-refractivity contribution in [2.75, 3.05) is 11.9 Å². The first-order chi connectivity index (χ1) is 12.7. The third kappa shape index (κ3) is 4.08. The van der Waals surface area contributed by atoms with E-state index in [9.17, 15) is 18.0 Å². The zero-order valence-electron chi connectivity index (χ0n) is 14.3. The molecule has 0 radical (unpaired) electrons. The number of aromatic nitrogens is 2. The van der Waals surface area contributed by atoms with Gasteiger partial charge < -0.3 is 10.6 Å². The number of halogens is 5. The number of amides is 1. The zero-order chi connectivity index (χ0) is 19.8. The van der Waals surface area contributed by atoms with Crippen molar-refractivity contribution in [2.24, 2.45) is 0 Å². The van der Waals surface area contributed by atoms with E-state index in [-0.39, 0.29) is 23.0 Å². The van der Waals surface area contributed by atoms with Crippen LogP contribution in [-0.4, -0.2) is 28.4 Å². The van der Waals surface area contributed by atoms with E-state index in [1.54, 1.807) is 24.3 Å². The van der Waals surface area contributed by atoms with E-state index in [0.717, 1.165) is 9.15 Å². The fourth-order valence-electron chi connectivity index (χ4n) is 2.97. The predicted molar refractivity (Wildman–Crippen MR) is 100 cm³/mol. The van der Waals surface area contributed by atoms with Gasteiger partial charge in [0.2, 0.25) is 0 Å². The monoisotopic (exact) mass is 464 g/mol. The molecule has 2 atom stereocenters. The summed E-state index contributed by atoms with van der Waals surface area (Å²) in [7, 11) is 0. The van der Waals surface area contributed by atoms with Gasteiger partial charge in [0.15, 0.2) is 11.7 Å². The molecule has 3 rings (SSSR count). The van der Waals surface area contributed by atoms with Crippen LogP contribution in [0.25, 0.3) is 0 Å². The van der Waals surface area contributed by atoms with Gasteiger partial charge >= 0.3 is 6.18 Å². The second kappa shape index (κ2) is 7.71. The van der Waals surface area contributed by atoms with Crippen molar-refractivity contribution < 1.29 is 18.0 Å². The van der Waals surface area contributed by atoms with Crippen molar-refractivity contribution in [2.45, 2.75) is 38.0 Å². The number of carbonyl (C=O) groups excluding carboxylic acids is 1. The predicted octanol–water partition coefficient (Wildman–Crippen LogP) is 5.10. The van der Waals surface area contributed by atoms with E-state index >= 15 is 0 Å². The third-order valence-corrected chi connectivity index (χ3v) is 5.21. The topological polar surface area (TPSA) is 59.0 Å². The van der Waals surface area contributed by atoms with Crippen molar-refractivity contribution in [3.05, 3.63) is 45.0 Å². The molecule has 0 bridgehead atoms. The molecule has 10 heteroatoms. The molecule has 146 valence electrons. The maximum Gasteiger partial charge on any atom is 0.410 e. The molecule has 1 aliphatic heterocycles. The Balaban J connectivity index is 2.01. The molecule has 1 amide bonds. The Morgan fingerprint density at radius 1 is 1.41 bits per heavy atom. The Morgan fingerprint density at radius 2 is 2.07 bits per heavy atom. The summed E-state index contributed by atoms with van der Waals surface area (Å²) < 4.78 is 42.6. The van der Waals surface area contributed by atoms with Crippen LogP contribution in [0.1, 0.15) is 47.9 Å². The van der Waals surface area contributed by atoms with Gasteiger partial charge in [-0.3, -0.25) is 4.79 Å². The van der Waals surface area contributed by atoms with Gasteiger partial charge in [-0.15, -0.1) is 0 Å². The van der Waals surface area contributed by atoms with Crippen LogP contribution < -0.4 is 10.6 Å². The lowest BCUT2D eigenvalue weighted by Gasteiger charge is -2.33. The molecule has 0 fully saturated rings. The zero-order valence-corrected chi connectivity index (χ0v) is 16.6. The van der Waals surface area contributed by atoms with Gasteiger partial charge in [-0.2, -0.15) is 18.3 Å². The number of fused-ring (bicyclic) bond motifs is 1. The summed E-state index contributed by atoms with van der Waals surface area (Å²) in [4.78, 5) is 12.2. The largest absolute Gasteiger partial charge is 0.410 e. The Morgan fingerprint density at radius 3 is 2.67 bits per heavy atom. The molecule has 1 aliphatic rings. The fraction of sp³-hybridized carbons (Fsp3) is 0.412. The molecule has 2 aromatic rings. The molecule has 0 spiro atoms. The summed E-state index contributed by atoms with van der Waals surface area (Å²) in [5.74, 6) is -0.591. The van der Waals surface area contributed by atoms with E-state index in [1.807, 2.05) is 6.92 Å². The van der Waals surface area contributed by atoms with Crippen LogP contribution in [0.5, 0.6) is 0 Å². The molecule has 0 saturated heterocycles. The number of alkyl halides is 3. The van der Waals surface area contributed by atoms with Gasteiger partial charge in [-0.25, -0.2) is 4.68 Å². The SMILES string of the molecule is CCCNC(=O)c1nn2c(c1Cl)N[C@@H](c1ccc(Br)cc1)C[C@@H]2C(F)(F)F. The van der Waals surface area contributed by atoms with E-state index in [1.165, 1.54) is 0 Å². The van der Waals surface area contributed by atoms with Gasteiger partial charge in [0, 0.05) is 17.4 Å². The quantitative estimate of drug-likeness (QED) is 0.660. The maximum atomic E-state index is 13.7. The lowest BCUT2D eigenvalue weighted by atomic mass is 9.97. The average molecular weight is 466 g/mol. The minimum Gasteiger partial charge on any atom is -0.362 e. The smallest absolute Gasteiger partial charge is 0.362 e. The van der Waals surface area contributed by atoms with E-state index in [4.69, 9.17) is 11.6 Å². The van der Waals surface area contributed by atoms with Crippen LogP contribution >= 0.6 is 27.5 Å². The first-order valence-electron chi connectivity index (χ1n) is 8.37. The molecule has 0 unspecified atom stereocenters. The lowest BCUT2D eigenvalue weighted by Crippen LogP contribution is -2.36. The highest BCUT2D eigenvalue weighted by molar-refractivity contribution is 9.10. The number of nitrogens with zero attached hydrogens (tertiary/aromatic N) is 2. The van der Waals surface area contributed by atoms with Crippen LogP contribution in [0.4, 0.5) is 19.0 Å². The van der Waals surface area contributed by atoms with Crippen LogP contribution in [0.3, 0.4) is 0 Å². The first kappa shape index (κ1) is 20.0. The highest BCUT2D eigenvalue weighted by Crippen LogP contribution is 2.46.